The predicted octanol–water partition coefficient (Wildman–Crippen LogP) is 2.97. The molecule has 1 aromatic carbocycles. The van der Waals surface area contributed by atoms with E-state index < -0.39 is 17.6 Å². The molecule has 6 nitrogen and oxygen atoms in total. The summed E-state index contributed by atoms with van der Waals surface area (Å²) in [6.45, 7) is 3.63. The molecule has 0 fully saturated rings. The standard InChI is InChI=1S/C17H22F4N6/c1-2-22-16(23-7-3-4-8-27-11-25-26-12-27)24-10-13-5-6-14(18)9-15(13)17(19,20)21/h5-6,9,11-12H,2-4,7-8,10H2,1H3,(H2,22,23,24). The van der Waals surface area contributed by atoms with Crippen LogP contribution in [-0.2, 0) is 19.3 Å². The summed E-state index contributed by atoms with van der Waals surface area (Å²) < 4.78 is 54.2. The second-order valence-electron chi connectivity index (χ2n) is 5.83. The predicted molar refractivity (Wildman–Crippen MR) is 93.5 cm³/mol. The third-order valence-electron chi connectivity index (χ3n) is 3.73. The third kappa shape index (κ3) is 6.87. The zero-order chi connectivity index (χ0) is 19.7. The van der Waals surface area contributed by atoms with Crippen LogP contribution in [0.3, 0.4) is 0 Å². The number of benzene rings is 1. The molecule has 2 N–H and O–H groups in total. The van der Waals surface area contributed by atoms with Crippen LogP contribution < -0.4 is 10.6 Å². The maximum atomic E-state index is 13.2. The van der Waals surface area contributed by atoms with Crippen molar-refractivity contribution in [2.24, 2.45) is 4.99 Å². The van der Waals surface area contributed by atoms with E-state index in [9.17, 15) is 17.6 Å². The zero-order valence-corrected chi connectivity index (χ0v) is 14.9. The van der Waals surface area contributed by atoms with Gasteiger partial charge >= 0.3 is 6.18 Å². The van der Waals surface area contributed by atoms with Gasteiger partial charge in [-0.1, -0.05) is 6.07 Å². The monoisotopic (exact) mass is 386 g/mol. The molecule has 1 heterocycles. The van der Waals surface area contributed by atoms with Crippen molar-refractivity contribution in [3.63, 3.8) is 0 Å². The molecule has 0 aliphatic carbocycles. The van der Waals surface area contributed by atoms with E-state index in [0.29, 0.717) is 25.1 Å². The van der Waals surface area contributed by atoms with E-state index in [1.165, 1.54) is 0 Å². The van der Waals surface area contributed by atoms with Gasteiger partial charge in [-0.3, -0.25) is 0 Å². The number of aromatic nitrogens is 3. The molecule has 27 heavy (non-hydrogen) atoms. The van der Waals surface area contributed by atoms with Gasteiger partial charge in [0, 0.05) is 19.6 Å². The molecular weight excluding hydrogens is 364 g/mol. The van der Waals surface area contributed by atoms with E-state index in [1.807, 2.05) is 11.5 Å². The Morgan fingerprint density at radius 1 is 1.15 bits per heavy atom. The Morgan fingerprint density at radius 2 is 1.89 bits per heavy atom. The van der Waals surface area contributed by atoms with Crippen LogP contribution in [0.5, 0.6) is 0 Å². The molecule has 0 saturated carbocycles. The lowest BCUT2D eigenvalue weighted by atomic mass is 10.1. The SMILES string of the molecule is CCNC(=NCc1ccc(F)cc1C(F)(F)F)NCCCCn1cnnc1. The summed E-state index contributed by atoms with van der Waals surface area (Å²) in [6, 6.07) is 2.62. The van der Waals surface area contributed by atoms with E-state index in [2.05, 4.69) is 25.8 Å². The Hall–Kier alpha value is -2.65. The molecule has 148 valence electrons. The highest BCUT2D eigenvalue weighted by Gasteiger charge is 2.33. The van der Waals surface area contributed by atoms with Crippen LogP contribution in [-0.4, -0.2) is 33.8 Å². The number of rotatable bonds is 8. The highest BCUT2D eigenvalue weighted by atomic mass is 19.4. The molecule has 0 bridgehead atoms. The first-order valence-electron chi connectivity index (χ1n) is 8.60. The number of aryl methyl sites for hydroxylation is 1. The number of hydrogen-bond acceptors (Lipinski definition) is 3. The van der Waals surface area contributed by atoms with Crippen LogP contribution in [0.15, 0.2) is 35.8 Å². The summed E-state index contributed by atoms with van der Waals surface area (Å²) in [5.74, 6) is -0.507. The highest BCUT2D eigenvalue weighted by molar-refractivity contribution is 5.79. The van der Waals surface area contributed by atoms with E-state index in [-0.39, 0.29) is 12.1 Å². The van der Waals surface area contributed by atoms with Crippen LogP contribution in [0.4, 0.5) is 17.6 Å². The third-order valence-corrected chi connectivity index (χ3v) is 3.73. The minimum atomic E-state index is -4.62. The first-order chi connectivity index (χ1) is 12.9. The summed E-state index contributed by atoms with van der Waals surface area (Å²) >= 11 is 0. The largest absolute Gasteiger partial charge is 0.416 e. The molecule has 0 atom stereocenters. The Morgan fingerprint density at radius 3 is 2.56 bits per heavy atom. The van der Waals surface area contributed by atoms with Crippen molar-refractivity contribution in [3.8, 4) is 0 Å². The number of aliphatic imine (C=N–C) groups is 1. The molecule has 0 aliphatic rings. The lowest BCUT2D eigenvalue weighted by Crippen LogP contribution is -2.37. The summed E-state index contributed by atoms with van der Waals surface area (Å²) in [6.07, 6.45) is 0.383. The fraction of sp³-hybridized carbons (Fsp3) is 0.471. The normalized spacial score (nSPS) is 12.3. The van der Waals surface area contributed by atoms with Crippen LogP contribution >= 0.6 is 0 Å². The Bertz CT molecular complexity index is 728. The lowest BCUT2D eigenvalue weighted by molar-refractivity contribution is -0.138. The van der Waals surface area contributed by atoms with E-state index >= 15 is 0 Å². The van der Waals surface area contributed by atoms with Crippen LogP contribution in [0.1, 0.15) is 30.9 Å². The molecule has 2 rings (SSSR count). The number of nitrogens with zero attached hydrogens (tertiary/aromatic N) is 4. The maximum absolute atomic E-state index is 13.2. The summed E-state index contributed by atoms with van der Waals surface area (Å²) in [4.78, 5) is 4.18. The quantitative estimate of drug-likeness (QED) is 0.317. The molecule has 0 spiro atoms. The molecule has 0 unspecified atom stereocenters. The number of nitrogens with one attached hydrogen (secondary N) is 2. The van der Waals surface area contributed by atoms with Gasteiger partial charge in [0.05, 0.1) is 12.1 Å². The van der Waals surface area contributed by atoms with Crippen molar-refractivity contribution in [2.45, 2.75) is 39.0 Å². The number of guanidine groups is 1. The topological polar surface area (TPSA) is 67.1 Å². The first-order valence-corrected chi connectivity index (χ1v) is 8.60. The van der Waals surface area contributed by atoms with Crippen molar-refractivity contribution >= 4 is 5.96 Å². The van der Waals surface area contributed by atoms with Crippen molar-refractivity contribution in [3.05, 3.63) is 47.8 Å². The molecule has 2 aromatic rings. The average Bonchev–Trinajstić information content (AvgIpc) is 3.12. The van der Waals surface area contributed by atoms with Crippen LogP contribution in [0.25, 0.3) is 0 Å². The minimum absolute atomic E-state index is 0.0753. The highest BCUT2D eigenvalue weighted by Crippen LogP contribution is 2.32. The molecule has 0 radical (unpaired) electrons. The second-order valence-corrected chi connectivity index (χ2v) is 5.83. The summed E-state index contributed by atoms with van der Waals surface area (Å²) in [5.41, 5.74) is -1.08. The van der Waals surface area contributed by atoms with Crippen molar-refractivity contribution in [1.82, 2.24) is 25.4 Å². The summed E-state index contributed by atoms with van der Waals surface area (Å²) in [5, 5.41) is 13.5. The number of alkyl halides is 3. The van der Waals surface area contributed by atoms with Gasteiger partial charge in [0.2, 0.25) is 0 Å². The fourth-order valence-electron chi connectivity index (χ4n) is 2.42. The van der Waals surface area contributed by atoms with Gasteiger partial charge in [-0.2, -0.15) is 13.2 Å². The second kappa shape index (κ2) is 9.89. The molecule has 1 aromatic heterocycles. The minimum Gasteiger partial charge on any atom is -0.357 e. The number of unbranched alkanes of at least 4 members (excludes halogenated alkanes) is 1. The molecule has 10 heteroatoms. The molecular formula is C17H22F4N6. The van der Waals surface area contributed by atoms with E-state index in [0.717, 1.165) is 31.5 Å². The van der Waals surface area contributed by atoms with Gasteiger partial charge in [0.1, 0.15) is 18.5 Å². The molecule has 0 aliphatic heterocycles. The fourth-order valence-corrected chi connectivity index (χ4v) is 2.42. The van der Waals surface area contributed by atoms with Gasteiger partial charge in [0.15, 0.2) is 5.96 Å². The van der Waals surface area contributed by atoms with Crippen molar-refractivity contribution in [2.75, 3.05) is 13.1 Å². The van der Waals surface area contributed by atoms with Crippen molar-refractivity contribution in [1.29, 1.82) is 0 Å². The Labute approximate surface area is 154 Å². The van der Waals surface area contributed by atoms with Crippen molar-refractivity contribution < 1.29 is 17.6 Å². The lowest BCUT2D eigenvalue weighted by Gasteiger charge is -2.14. The summed E-state index contributed by atoms with van der Waals surface area (Å²) in [7, 11) is 0. The first kappa shape index (κ1) is 20.7. The molecule has 0 saturated heterocycles. The maximum Gasteiger partial charge on any atom is 0.416 e. The average molecular weight is 386 g/mol. The smallest absolute Gasteiger partial charge is 0.357 e. The zero-order valence-electron chi connectivity index (χ0n) is 14.9. The Kier molecular flexibility index (Phi) is 7.56. The van der Waals surface area contributed by atoms with E-state index in [4.69, 9.17) is 0 Å². The van der Waals surface area contributed by atoms with Gasteiger partial charge < -0.3 is 15.2 Å². The van der Waals surface area contributed by atoms with Gasteiger partial charge in [-0.25, -0.2) is 9.38 Å². The van der Waals surface area contributed by atoms with Crippen LogP contribution in [0.2, 0.25) is 0 Å². The van der Waals surface area contributed by atoms with Crippen LogP contribution in [0, 0.1) is 5.82 Å². The van der Waals surface area contributed by atoms with Gasteiger partial charge in [0.25, 0.3) is 0 Å². The molecule has 0 amide bonds. The Balaban J connectivity index is 1.91. The number of hydrogen-bond donors (Lipinski definition) is 2. The van der Waals surface area contributed by atoms with Gasteiger partial charge in [-0.15, -0.1) is 10.2 Å². The number of halogens is 4. The van der Waals surface area contributed by atoms with Gasteiger partial charge in [-0.05, 0) is 37.5 Å². The van der Waals surface area contributed by atoms with E-state index in [1.54, 1.807) is 12.7 Å².